The zero-order valence-electron chi connectivity index (χ0n) is 24.7. The number of aliphatic hydroxyl groups is 2. The van der Waals surface area contributed by atoms with Gasteiger partial charge in [0.1, 0.15) is 5.60 Å². The van der Waals surface area contributed by atoms with E-state index < -0.39 is 40.9 Å². The number of rotatable bonds is 9. The lowest BCUT2D eigenvalue weighted by Crippen LogP contribution is -2.61. The number of esters is 1. The molecule has 3 saturated carbocycles. The maximum Gasteiger partial charge on any atom is 0.306 e. The molecule has 4 aliphatic rings. The van der Waals surface area contributed by atoms with E-state index in [0.717, 1.165) is 24.0 Å². The zero-order valence-corrected chi connectivity index (χ0v) is 24.7. The lowest BCUT2D eigenvalue weighted by Gasteiger charge is -2.59. The topological polar surface area (TPSA) is 170 Å². The molecule has 5 rings (SSSR count). The van der Waals surface area contributed by atoms with Crippen LogP contribution in [0.4, 0.5) is 0 Å². The van der Waals surface area contributed by atoms with Crippen LogP contribution in [-0.4, -0.2) is 68.7 Å². The number of aliphatic hydroxyl groups excluding tert-OH is 1. The van der Waals surface area contributed by atoms with Crippen molar-refractivity contribution in [2.75, 3.05) is 13.2 Å². The second-order valence-corrected chi connectivity index (χ2v) is 13.1. The Bertz CT molecular complexity index is 1380. The zero-order chi connectivity index (χ0) is 31.2. The molecule has 5 N–H and O–H groups in total. The fraction of sp³-hybridized carbons (Fsp3) is 0.576. The molecule has 0 radical (unpaired) electrons. The molecule has 0 saturated heterocycles. The summed E-state index contributed by atoms with van der Waals surface area (Å²) >= 11 is 0. The maximum atomic E-state index is 13.4. The number of hydrogen-bond donors (Lipinski definition) is 5. The van der Waals surface area contributed by atoms with Gasteiger partial charge in [0.05, 0.1) is 12.5 Å². The summed E-state index contributed by atoms with van der Waals surface area (Å²) in [7, 11) is 0. The first-order valence-electron chi connectivity index (χ1n) is 15.1. The van der Waals surface area contributed by atoms with E-state index in [-0.39, 0.29) is 73.2 Å². The number of Topliss-reactive ketones (excluding diaryl/α,β-unsaturated/α-hetero) is 1. The van der Waals surface area contributed by atoms with Gasteiger partial charge in [-0.2, -0.15) is 0 Å². The Morgan fingerprint density at radius 3 is 2.60 bits per heavy atom. The molecule has 0 unspecified atom stereocenters. The molecule has 0 aromatic heterocycles. The van der Waals surface area contributed by atoms with E-state index in [9.17, 15) is 39.6 Å². The lowest BCUT2D eigenvalue weighted by atomic mass is 9.46. The van der Waals surface area contributed by atoms with Crippen LogP contribution in [0, 0.1) is 28.6 Å². The molecule has 0 aliphatic heterocycles. The van der Waals surface area contributed by atoms with Gasteiger partial charge < -0.3 is 30.5 Å². The summed E-state index contributed by atoms with van der Waals surface area (Å²) in [6, 6.07) is 4.40. The van der Waals surface area contributed by atoms with E-state index in [1.807, 2.05) is 13.0 Å². The molecule has 10 heteroatoms. The van der Waals surface area contributed by atoms with Gasteiger partial charge in [-0.1, -0.05) is 31.6 Å². The van der Waals surface area contributed by atoms with E-state index in [0.29, 0.717) is 12.8 Å². The molecule has 0 bridgehead atoms. The Morgan fingerprint density at radius 1 is 1.09 bits per heavy atom. The molecule has 43 heavy (non-hydrogen) atoms. The predicted molar refractivity (Wildman–Crippen MR) is 155 cm³/mol. The smallest absolute Gasteiger partial charge is 0.306 e. The molecular weight excluding hydrogens is 554 g/mol. The SMILES string of the molecule is C[C@]12C=CC(=O)C=C1CC[C@@H]1[C@H]2[C@@H](O)C[C@@]2(C)[C@@H]1CC[C@@]2(O)C(=O)COC(=O)CCC(=O)NCCc1ccc(O)c(O)c1. The molecule has 232 valence electrons. The van der Waals surface area contributed by atoms with Gasteiger partial charge in [0, 0.05) is 29.7 Å². The van der Waals surface area contributed by atoms with Crippen molar-refractivity contribution in [3.05, 3.63) is 47.6 Å². The van der Waals surface area contributed by atoms with Gasteiger partial charge in [0.15, 0.2) is 23.9 Å². The number of amides is 1. The van der Waals surface area contributed by atoms with Gasteiger partial charge in [-0.05, 0) is 80.2 Å². The van der Waals surface area contributed by atoms with Crippen LogP contribution in [0.3, 0.4) is 0 Å². The second kappa shape index (κ2) is 11.5. The van der Waals surface area contributed by atoms with Gasteiger partial charge in [-0.25, -0.2) is 0 Å². The minimum Gasteiger partial charge on any atom is -0.504 e. The largest absolute Gasteiger partial charge is 0.504 e. The lowest BCUT2D eigenvalue weighted by molar-refractivity contribution is -0.181. The Morgan fingerprint density at radius 2 is 1.86 bits per heavy atom. The van der Waals surface area contributed by atoms with E-state index in [4.69, 9.17) is 4.74 Å². The first-order chi connectivity index (χ1) is 20.3. The van der Waals surface area contributed by atoms with Crippen molar-refractivity contribution in [2.24, 2.45) is 28.6 Å². The Hall–Kier alpha value is -3.50. The first kappa shape index (κ1) is 30.9. The number of ketones is 2. The summed E-state index contributed by atoms with van der Waals surface area (Å²) in [4.78, 5) is 50.0. The van der Waals surface area contributed by atoms with Crippen molar-refractivity contribution in [1.82, 2.24) is 5.32 Å². The van der Waals surface area contributed by atoms with E-state index in [2.05, 4.69) is 12.2 Å². The number of phenols is 2. The van der Waals surface area contributed by atoms with Crippen molar-refractivity contribution < 1.29 is 44.3 Å². The number of benzene rings is 1. The number of allylic oxidation sites excluding steroid dienone is 4. The minimum absolute atomic E-state index is 0.0100. The molecule has 7 atom stereocenters. The summed E-state index contributed by atoms with van der Waals surface area (Å²) in [5.41, 5.74) is -1.34. The molecule has 1 aromatic rings. The average Bonchev–Trinajstić information content (AvgIpc) is 3.23. The third kappa shape index (κ3) is 5.51. The minimum atomic E-state index is -1.75. The Labute approximate surface area is 250 Å². The fourth-order valence-electron chi connectivity index (χ4n) is 8.50. The Kier molecular flexibility index (Phi) is 8.30. The molecule has 0 spiro atoms. The van der Waals surface area contributed by atoms with Crippen LogP contribution < -0.4 is 5.32 Å². The molecule has 0 heterocycles. The van der Waals surface area contributed by atoms with Gasteiger partial charge in [0.25, 0.3) is 0 Å². The number of carbonyl (C=O) groups excluding carboxylic acids is 4. The van der Waals surface area contributed by atoms with Crippen molar-refractivity contribution in [3.63, 3.8) is 0 Å². The van der Waals surface area contributed by atoms with Crippen LogP contribution in [-0.2, 0) is 30.3 Å². The molecule has 4 aliphatic carbocycles. The number of fused-ring (bicyclic) bond motifs is 5. The van der Waals surface area contributed by atoms with E-state index >= 15 is 0 Å². The second-order valence-electron chi connectivity index (χ2n) is 13.1. The molecular formula is C33H41NO9. The van der Waals surface area contributed by atoms with E-state index in [1.165, 1.54) is 12.1 Å². The van der Waals surface area contributed by atoms with Crippen LogP contribution >= 0.6 is 0 Å². The van der Waals surface area contributed by atoms with Crippen LogP contribution in [0.2, 0.25) is 0 Å². The summed E-state index contributed by atoms with van der Waals surface area (Å²) in [6.07, 6.45) is 7.00. The number of ether oxygens (including phenoxy) is 1. The van der Waals surface area contributed by atoms with Crippen molar-refractivity contribution in [2.45, 2.75) is 76.9 Å². The van der Waals surface area contributed by atoms with Crippen molar-refractivity contribution in [1.29, 1.82) is 0 Å². The summed E-state index contributed by atoms with van der Waals surface area (Å²) < 4.78 is 5.19. The first-order valence-corrected chi connectivity index (χ1v) is 15.1. The predicted octanol–water partition coefficient (Wildman–Crippen LogP) is 2.66. The normalized spacial score (nSPS) is 34.4. The highest BCUT2D eigenvalue weighted by atomic mass is 16.5. The van der Waals surface area contributed by atoms with Crippen LogP contribution in [0.5, 0.6) is 11.5 Å². The summed E-state index contributed by atoms with van der Waals surface area (Å²) in [6.45, 7) is 3.59. The summed E-state index contributed by atoms with van der Waals surface area (Å²) in [5, 5.41) is 44.9. The number of nitrogens with one attached hydrogen (secondary N) is 1. The van der Waals surface area contributed by atoms with Crippen molar-refractivity contribution >= 4 is 23.4 Å². The fourth-order valence-corrected chi connectivity index (χ4v) is 8.50. The van der Waals surface area contributed by atoms with Crippen molar-refractivity contribution in [3.8, 4) is 11.5 Å². The van der Waals surface area contributed by atoms with E-state index in [1.54, 1.807) is 18.2 Å². The van der Waals surface area contributed by atoms with Crippen LogP contribution in [0.1, 0.15) is 64.4 Å². The number of aromatic hydroxyl groups is 2. The highest BCUT2D eigenvalue weighted by Crippen LogP contribution is 2.67. The number of phenolic OH excluding ortho intramolecular Hbond substituents is 2. The Balaban J connectivity index is 1.13. The number of carbonyl (C=O) groups is 4. The van der Waals surface area contributed by atoms with Gasteiger partial charge in [-0.3, -0.25) is 19.2 Å². The van der Waals surface area contributed by atoms with Gasteiger partial charge >= 0.3 is 5.97 Å². The van der Waals surface area contributed by atoms with Crippen LogP contribution in [0.15, 0.2) is 42.0 Å². The van der Waals surface area contributed by atoms with Gasteiger partial charge in [0.2, 0.25) is 11.7 Å². The monoisotopic (exact) mass is 595 g/mol. The molecule has 10 nitrogen and oxygen atoms in total. The average molecular weight is 596 g/mol. The van der Waals surface area contributed by atoms with Gasteiger partial charge in [-0.15, -0.1) is 0 Å². The molecule has 1 aromatic carbocycles. The maximum absolute atomic E-state index is 13.4. The quantitative estimate of drug-likeness (QED) is 0.213. The standard InChI is InChI=1S/C33H41NO9/c1-31-12-9-21(35)16-20(31)4-5-22-23-10-13-33(42,32(23,2)17-26(38)30(22)31)27(39)18-43-29(41)8-7-28(40)34-14-11-19-3-6-24(36)25(37)15-19/h3,6,9,12,15-16,22-23,26,30,36-38,42H,4-5,7-8,10-11,13-14,17-18H2,1-2H3,(H,34,40)/t22-,23+,26-,30-,31-,32-,33+/m0/s1. The highest BCUT2D eigenvalue weighted by molar-refractivity contribution is 6.01. The third-order valence-electron chi connectivity index (χ3n) is 10.8. The highest BCUT2D eigenvalue weighted by Gasteiger charge is 2.68. The molecule has 3 fully saturated rings. The number of hydrogen-bond acceptors (Lipinski definition) is 9. The molecule has 1 amide bonds. The third-order valence-corrected chi connectivity index (χ3v) is 10.8. The summed E-state index contributed by atoms with van der Waals surface area (Å²) in [5.74, 6) is -2.27. The van der Waals surface area contributed by atoms with Crippen LogP contribution in [0.25, 0.3) is 0 Å².